The van der Waals surface area contributed by atoms with Gasteiger partial charge in [0.1, 0.15) is 0 Å². The van der Waals surface area contributed by atoms with Crippen molar-refractivity contribution in [3.8, 4) is 0 Å². The normalized spacial score (nSPS) is 8.72. The van der Waals surface area contributed by atoms with Crippen molar-refractivity contribution in [1.82, 2.24) is 0 Å². The van der Waals surface area contributed by atoms with Crippen molar-refractivity contribution in [2.45, 2.75) is 58.8 Å². The molecule has 8 heteroatoms. The molecule has 0 unspecified atom stereocenters. The second-order valence-electron chi connectivity index (χ2n) is 4.96. The van der Waals surface area contributed by atoms with E-state index in [0.29, 0.717) is 24.0 Å². The molecule has 0 aromatic heterocycles. The number of aliphatic carboxylic acids is 4. The van der Waals surface area contributed by atoms with Crippen LogP contribution in [-0.2, 0) is 19.2 Å². The Kier molecular flexibility index (Phi) is 19.3. The zero-order chi connectivity index (χ0) is 20.4. The molecule has 0 atom stereocenters. The monoisotopic (exact) mass is 360 g/mol. The molecule has 0 radical (unpaired) electrons. The molecule has 4 N–H and O–H groups in total. The summed E-state index contributed by atoms with van der Waals surface area (Å²) in [4.78, 5) is 39.6. The summed E-state index contributed by atoms with van der Waals surface area (Å²) in [5.41, 5.74) is 0.597. The topological polar surface area (TPSA) is 149 Å². The number of carbonyl (C=O) groups is 4. The van der Waals surface area contributed by atoms with E-state index in [2.05, 4.69) is 13.2 Å². The number of rotatable bonds is 10. The average Bonchev–Trinajstić information content (AvgIpc) is 2.48. The molecule has 0 bridgehead atoms. The highest BCUT2D eigenvalue weighted by molar-refractivity contribution is 5.85. The number of carboxylic acids is 4. The van der Waals surface area contributed by atoms with Crippen molar-refractivity contribution in [2.75, 3.05) is 0 Å². The maximum atomic E-state index is 9.99. The molecule has 0 rings (SSSR count). The molecule has 0 aliphatic rings. The van der Waals surface area contributed by atoms with E-state index in [1.54, 1.807) is 0 Å². The Morgan fingerprint density at radius 2 is 0.920 bits per heavy atom. The van der Waals surface area contributed by atoms with Crippen LogP contribution >= 0.6 is 0 Å². The van der Waals surface area contributed by atoms with Gasteiger partial charge in [-0.2, -0.15) is 0 Å². The standard InChI is InChI=1S/2C6H10O2.C5H8O4/c2*1-3-4-5(2)6(7)8;6-4(7)2-1-3-5(8)9/h2*2-4H2,1H3,(H,7,8);1-3H2,(H,6,7)(H,8,9). The van der Waals surface area contributed by atoms with Gasteiger partial charge in [0.15, 0.2) is 0 Å². The van der Waals surface area contributed by atoms with Crippen LogP contribution in [0.5, 0.6) is 0 Å². The molecular formula is C17H28O8. The fourth-order valence-electron chi connectivity index (χ4n) is 1.21. The zero-order valence-electron chi connectivity index (χ0n) is 14.8. The lowest BCUT2D eigenvalue weighted by molar-refractivity contribution is -0.139. The number of hydrogen-bond donors (Lipinski definition) is 4. The lowest BCUT2D eigenvalue weighted by Gasteiger charge is -1.92. The minimum absolute atomic E-state index is 0.0632. The van der Waals surface area contributed by atoms with Crippen LogP contribution in [0.3, 0.4) is 0 Å². The SMILES string of the molecule is C=C(CCC)C(=O)O.C=C(CCC)C(=O)O.O=C(O)CCCC(=O)O. The van der Waals surface area contributed by atoms with E-state index < -0.39 is 23.9 Å². The highest BCUT2D eigenvalue weighted by atomic mass is 16.4. The molecule has 144 valence electrons. The van der Waals surface area contributed by atoms with Crippen LogP contribution in [-0.4, -0.2) is 44.3 Å². The molecule has 0 spiro atoms. The fourth-order valence-corrected chi connectivity index (χ4v) is 1.21. The summed E-state index contributed by atoms with van der Waals surface area (Å²) in [5, 5.41) is 32.5. The molecule has 0 aromatic rings. The van der Waals surface area contributed by atoms with Crippen LogP contribution in [0.1, 0.15) is 58.8 Å². The van der Waals surface area contributed by atoms with Gasteiger partial charge in [0.2, 0.25) is 0 Å². The van der Waals surface area contributed by atoms with E-state index in [1.165, 1.54) is 0 Å². The second-order valence-corrected chi connectivity index (χ2v) is 4.96. The van der Waals surface area contributed by atoms with Gasteiger partial charge in [0.05, 0.1) is 0 Å². The van der Waals surface area contributed by atoms with Crippen molar-refractivity contribution >= 4 is 23.9 Å². The van der Waals surface area contributed by atoms with Crippen LogP contribution in [0.25, 0.3) is 0 Å². The summed E-state index contributed by atoms with van der Waals surface area (Å²) < 4.78 is 0. The van der Waals surface area contributed by atoms with E-state index in [4.69, 9.17) is 20.4 Å². The molecule has 8 nitrogen and oxygen atoms in total. The van der Waals surface area contributed by atoms with Gasteiger partial charge in [0.25, 0.3) is 0 Å². The van der Waals surface area contributed by atoms with Crippen molar-refractivity contribution in [1.29, 1.82) is 0 Å². The molecule has 25 heavy (non-hydrogen) atoms. The summed E-state index contributed by atoms with van der Waals surface area (Å²) in [5.74, 6) is -3.66. The van der Waals surface area contributed by atoms with Crippen LogP contribution < -0.4 is 0 Å². The molecule has 0 aliphatic carbocycles. The first-order chi connectivity index (χ1) is 11.5. The van der Waals surface area contributed by atoms with Crippen molar-refractivity contribution in [2.24, 2.45) is 0 Å². The summed E-state index contributed by atoms with van der Waals surface area (Å²) in [7, 11) is 0. The predicted molar refractivity (Wildman–Crippen MR) is 92.5 cm³/mol. The average molecular weight is 360 g/mol. The largest absolute Gasteiger partial charge is 0.481 e. The van der Waals surface area contributed by atoms with E-state index in [-0.39, 0.29) is 19.3 Å². The molecule has 0 aromatic carbocycles. The Balaban J connectivity index is -0.000000291. The van der Waals surface area contributed by atoms with Crippen LogP contribution in [0, 0.1) is 0 Å². The third kappa shape index (κ3) is 26.6. The minimum Gasteiger partial charge on any atom is -0.481 e. The first-order valence-corrected chi connectivity index (χ1v) is 7.75. The number of carboxylic acid groups (broad SMARTS) is 4. The maximum absolute atomic E-state index is 9.99. The van der Waals surface area contributed by atoms with Crippen LogP contribution in [0.4, 0.5) is 0 Å². The van der Waals surface area contributed by atoms with Gasteiger partial charge in [-0.15, -0.1) is 0 Å². The van der Waals surface area contributed by atoms with Crippen molar-refractivity contribution in [3.05, 3.63) is 24.3 Å². The summed E-state index contributed by atoms with van der Waals surface area (Å²) in [6, 6.07) is 0. The van der Waals surface area contributed by atoms with Crippen LogP contribution in [0.15, 0.2) is 24.3 Å². The van der Waals surface area contributed by atoms with Gasteiger partial charge in [-0.1, -0.05) is 39.8 Å². The highest BCUT2D eigenvalue weighted by Crippen LogP contribution is 2.00. The van der Waals surface area contributed by atoms with Gasteiger partial charge in [0, 0.05) is 24.0 Å². The van der Waals surface area contributed by atoms with Gasteiger partial charge in [-0.25, -0.2) is 9.59 Å². The Bertz CT molecular complexity index is 423. The maximum Gasteiger partial charge on any atom is 0.330 e. The summed E-state index contributed by atoms with van der Waals surface area (Å²) in [6.07, 6.45) is 2.98. The quantitative estimate of drug-likeness (QED) is 0.434. The minimum atomic E-state index is -0.948. The lowest BCUT2D eigenvalue weighted by Crippen LogP contribution is -1.98. The van der Waals surface area contributed by atoms with Crippen LogP contribution in [0.2, 0.25) is 0 Å². The van der Waals surface area contributed by atoms with Crippen molar-refractivity contribution < 1.29 is 39.6 Å². The summed E-state index contributed by atoms with van der Waals surface area (Å²) in [6.45, 7) is 10.5. The second kappa shape index (κ2) is 17.7. The Hall–Kier alpha value is -2.64. The molecule has 0 saturated carbocycles. The molecule has 0 saturated heterocycles. The third-order valence-electron chi connectivity index (χ3n) is 2.49. The van der Waals surface area contributed by atoms with E-state index in [1.807, 2.05) is 13.8 Å². The van der Waals surface area contributed by atoms with Gasteiger partial charge in [-0.3, -0.25) is 9.59 Å². The molecule has 0 aliphatic heterocycles. The summed E-state index contributed by atoms with van der Waals surface area (Å²) >= 11 is 0. The smallest absolute Gasteiger partial charge is 0.330 e. The third-order valence-corrected chi connectivity index (χ3v) is 2.49. The molecule has 0 fully saturated rings. The first-order valence-electron chi connectivity index (χ1n) is 7.75. The Labute approximate surface area is 147 Å². The highest BCUT2D eigenvalue weighted by Gasteiger charge is 2.00. The number of hydrogen-bond acceptors (Lipinski definition) is 4. The Morgan fingerprint density at radius 1 is 0.640 bits per heavy atom. The van der Waals surface area contributed by atoms with Gasteiger partial charge in [-0.05, 0) is 19.3 Å². The van der Waals surface area contributed by atoms with E-state index >= 15 is 0 Å². The van der Waals surface area contributed by atoms with Gasteiger partial charge < -0.3 is 20.4 Å². The van der Waals surface area contributed by atoms with E-state index in [0.717, 1.165) is 12.8 Å². The van der Waals surface area contributed by atoms with Crippen molar-refractivity contribution in [3.63, 3.8) is 0 Å². The fraction of sp³-hybridized carbons (Fsp3) is 0.529. The molecule has 0 amide bonds. The molecule has 0 heterocycles. The van der Waals surface area contributed by atoms with E-state index in [9.17, 15) is 19.2 Å². The zero-order valence-corrected chi connectivity index (χ0v) is 14.8. The Morgan fingerprint density at radius 3 is 1.04 bits per heavy atom. The molecular weight excluding hydrogens is 332 g/mol. The lowest BCUT2D eigenvalue weighted by atomic mass is 10.2. The van der Waals surface area contributed by atoms with Gasteiger partial charge >= 0.3 is 23.9 Å². The predicted octanol–water partition coefficient (Wildman–Crippen LogP) is 3.18. The first kappa shape index (κ1) is 27.2.